The maximum Gasteiger partial charge on any atom is 0.321 e. The van der Waals surface area contributed by atoms with E-state index in [2.05, 4.69) is 16.7 Å². The number of hydrogen-bond donors (Lipinski definition) is 2. The highest BCUT2D eigenvalue weighted by atomic mass is 32.2. The molecular weight excluding hydrogens is 274 g/mol. The Balaban J connectivity index is 1.94. The summed E-state index contributed by atoms with van der Waals surface area (Å²) in [7, 11) is 0. The summed E-state index contributed by atoms with van der Waals surface area (Å²) < 4.78 is 0. The van der Waals surface area contributed by atoms with Crippen LogP contribution in [0.3, 0.4) is 0 Å². The van der Waals surface area contributed by atoms with Gasteiger partial charge in [-0.15, -0.1) is 11.8 Å². The maximum atomic E-state index is 11.9. The highest BCUT2D eigenvalue weighted by molar-refractivity contribution is 7.99. The Kier molecular flexibility index (Phi) is 4.89. The van der Waals surface area contributed by atoms with Crippen LogP contribution in [0.25, 0.3) is 0 Å². The van der Waals surface area contributed by atoms with E-state index >= 15 is 0 Å². The lowest BCUT2D eigenvalue weighted by Gasteiger charge is -2.30. The third-order valence-electron chi connectivity index (χ3n) is 2.83. The molecule has 108 valence electrons. The first kappa shape index (κ1) is 14.7. The summed E-state index contributed by atoms with van der Waals surface area (Å²) in [5.41, 5.74) is 1.06. The van der Waals surface area contributed by atoms with Gasteiger partial charge in [-0.05, 0) is 26.0 Å². The van der Waals surface area contributed by atoms with Crippen molar-refractivity contribution in [1.29, 1.82) is 0 Å². The first-order valence-corrected chi connectivity index (χ1v) is 7.62. The molecule has 1 aromatic carbocycles. The van der Waals surface area contributed by atoms with Crippen LogP contribution in [0.1, 0.15) is 13.8 Å². The van der Waals surface area contributed by atoms with E-state index in [1.807, 2.05) is 36.9 Å². The minimum Gasteiger partial charge on any atom is -0.360 e. The molecule has 0 aliphatic carbocycles. The van der Waals surface area contributed by atoms with Gasteiger partial charge in [-0.3, -0.25) is 10.1 Å². The van der Waals surface area contributed by atoms with E-state index in [0.29, 0.717) is 0 Å². The second-order valence-corrected chi connectivity index (χ2v) is 6.05. The van der Waals surface area contributed by atoms with Crippen LogP contribution in [0.15, 0.2) is 29.2 Å². The SMILES string of the molecule is CC(C)NC(=O)NC(=O)CN1CCSc2ccccc21. The number of carbonyl (C=O) groups is 2. The number of thioether (sulfide) groups is 1. The number of carbonyl (C=O) groups excluding carboxylic acids is 2. The quantitative estimate of drug-likeness (QED) is 0.892. The number of nitrogens with one attached hydrogen (secondary N) is 2. The van der Waals surface area contributed by atoms with Gasteiger partial charge in [0.15, 0.2) is 0 Å². The molecule has 5 nitrogen and oxygen atoms in total. The molecule has 20 heavy (non-hydrogen) atoms. The van der Waals surface area contributed by atoms with Crippen molar-refractivity contribution in [2.24, 2.45) is 0 Å². The standard InChI is InChI=1S/C14H19N3O2S/c1-10(2)15-14(19)16-13(18)9-17-7-8-20-12-6-4-3-5-11(12)17/h3-6,10H,7-9H2,1-2H3,(H2,15,16,18,19). The zero-order chi connectivity index (χ0) is 14.5. The fourth-order valence-electron chi connectivity index (χ4n) is 2.03. The van der Waals surface area contributed by atoms with Crippen molar-refractivity contribution >= 4 is 29.4 Å². The maximum absolute atomic E-state index is 11.9. The van der Waals surface area contributed by atoms with Gasteiger partial charge in [0.1, 0.15) is 0 Å². The number of para-hydroxylation sites is 1. The van der Waals surface area contributed by atoms with E-state index in [0.717, 1.165) is 18.0 Å². The van der Waals surface area contributed by atoms with E-state index in [-0.39, 0.29) is 18.5 Å². The number of imide groups is 1. The second-order valence-electron chi connectivity index (χ2n) is 4.91. The molecule has 0 fully saturated rings. The fourth-order valence-corrected chi connectivity index (χ4v) is 3.08. The third-order valence-corrected chi connectivity index (χ3v) is 3.87. The molecule has 1 aromatic rings. The Morgan fingerprint density at radius 1 is 1.35 bits per heavy atom. The summed E-state index contributed by atoms with van der Waals surface area (Å²) >= 11 is 1.79. The lowest BCUT2D eigenvalue weighted by Crippen LogP contribution is -2.47. The van der Waals surface area contributed by atoms with Gasteiger partial charge in [0, 0.05) is 23.2 Å². The van der Waals surface area contributed by atoms with Crippen molar-refractivity contribution in [2.45, 2.75) is 24.8 Å². The van der Waals surface area contributed by atoms with Crippen LogP contribution >= 0.6 is 11.8 Å². The summed E-state index contributed by atoms with van der Waals surface area (Å²) in [5, 5.41) is 4.99. The van der Waals surface area contributed by atoms with Crippen molar-refractivity contribution in [2.75, 3.05) is 23.7 Å². The largest absolute Gasteiger partial charge is 0.360 e. The van der Waals surface area contributed by atoms with Crippen LogP contribution in [0.5, 0.6) is 0 Å². The number of anilines is 1. The van der Waals surface area contributed by atoms with Crippen molar-refractivity contribution in [1.82, 2.24) is 10.6 Å². The Labute approximate surface area is 123 Å². The van der Waals surface area contributed by atoms with Crippen molar-refractivity contribution in [3.8, 4) is 0 Å². The summed E-state index contributed by atoms with van der Waals surface area (Å²) in [5.74, 6) is 0.660. The van der Waals surface area contributed by atoms with Crippen LogP contribution in [0.4, 0.5) is 10.5 Å². The molecule has 3 amide bonds. The van der Waals surface area contributed by atoms with Gasteiger partial charge in [0.25, 0.3) is 0 Å². The van der Waals surface area contributed by atoms with E-state index in [9.17, 15) is 9.59 Å². The van der Waals surface area contributed by atoms with E-state index in [4.69, 9.17) is 0 Å². The lowest BCUT2D eigenvalue weighted by molar-refractivity contribution is -0.118. The second kappa shape index (κ2) is 6.65. The zero-order valence-corrected chi connectivity index (χ0v) is 12.5. The molecule has 2 N–H and O–H groups in total. The molecule has 0 atom stereocenters. The predicted octanol–water partition coefficient (Wildman–Crippen LogP) is 1.83. The number of rotatable bonds is 3. The number of nitrogens with zero attached hydrogens (tertiary/aromatic N) is 1. The Bertz CT molecular complexity index is 505. The summed E-state index contributed by atoms with van der Waals surface area (Å²) in [6, 6.07) is 7.57. The monoisotopic (exact) mass is 293 g/mol. The number of benzene rings is 1. The van der Waals surface area contributed by atoms with E-state index in [1.165, 1.54) is 4.90 Å². The van der Waals surface area contributed by atoms with Gasteiger partial charge in [-0.1, -0.05) is 12.1 Å². The fraction of sp³-hybridized carbons (Fsp3) is 0.429. The molecule has 0 aromatic heterocycles. The average molecular weight is 293 g/mol. The summed E-state index contributed by atoms with van der Waals surface area (Å²) in [6.07, 6.45) is 0. The molecular formula is C14H19N3O2S. The minimum atomic E-state index is -0.440. The highest BCUT2D eigenvalue weighted by Gasteiger charge is 2.20. The summed E-state index contributed by atoms with van der Waals surface area (Å²) in [6.45, 7) is 4.70. The van der Waals surface area contributed by atoms with Crippen LogP contribution < -0.4 is 15.5 Å². The van der Waals surface area contributed by atoms with Crippen molar-refractivity contribution in [3.63, 3.8) is 0 Å². The van der Waals surface area contributed by atoms with Gasteiger partial charge in [0.05, 0.1) is 12.2 Å². The average Bonchev–Trinajstić information content (AvgIpc) is 2.38. The van der Waals surface area contributed by atoms with Gasteiger partial charge < -0.3 is 10.2 Å². The number of urea groups is 1. The molecule has 0 saturated heterocycles. The van der Waals surface area contributed by atoms with E-state index in [1.54, 1.807) is 11.8 Å². The number of hydrogen-bond acceptors (Lipinski definition) is 4. The molecule has 0 spiro atoms. The molecule has 2 rings (SSSR count). The lowest BCUT2D eigenvalue weighted by atomic mass is 10.2. The van der Waals surface area contributed by atoms with Gasteiger partial charge >= 0.3 is 6.03 Å². The smallest absolute Gasteiger partial charge is 0.321 e. The third kappa shape index (κ3) is 3.90. The molecule has 1 aliphatic heterocycles. The van der Waals surface area contributed by atoms with Crippen LogP contribution in [0, 0.1) is 0 Å². The van der Waals surface area contributed by atoms with Crippen LogP contribution in [-0.4, -0.2) is 36.8 Å². The molecule has 1 heterocycles. The van der Waals surface area contributed by atoms with Crippen LogP contribution in [-0.2, 0) is 4.79 Å². The topological polar surface area (TPSA) is 61.4 Å². The van der Waals surface area contributed by atoms with Crippen molar-refractivity contribution in [3.05, 3.63) is 24.3 Å². The molecule has 0 bridgehead atoms. The molecule has 6 heteroatoms. The zero-order valence-electron chi connectivity index (χ0n) is 11.7. The van der Waals surface area contributed by atoms with Crippen molar-refractivity contribution < 1.29 is 9.59 Å². The summed E-state index contributed by atoms with van der Waals surface area (Å²) in [4.78, 5) is 26.6. The van der Waals surface area contributed by atoms with Crippen LogP contribution in [0.2, 0.25) is 0 Å². The molecule has 0 radical (unpaired) electrons. The number of amides is 3. The number of fused-ring (bicyclic) bond motifs is 1. The molecule has 0 saturated carbocycles. The molecule has 0 unspecified atom stereocenters. The minimum absolute atomic E-state index is 0.00918. The first-order valence-electron chi connectivity index (χ1n) is 6.63. The Morgan fingerprint density at radius 3 is 2.85 bits per heavy atom. The molecule has 1 aliphatic rings. The Morgan fingerprint density at radius 2 is 2.10 bits per heavy atom. The Hall–Kier alpha value is -1.69. The van der Waals surface area contributed by atoms with Gasteiger partial charge in [0.2, 0.25) is 5.91 Å². The first-order chi connectivity index (χ1) is 9.56. The van der Waals surface area contributed by atoms with Gasteiger partial charge in [-0.25, -0.2) is 4.79 Å². The predicted molar refractivity (Wildman–Crippen MR) is 81.2 cm³/mol. The normalized spacial score (nSPS) is 13.8. The van der Waals surface area contributed by atoms with Gasteiger partial charge in [-0.2, -0.15) is 0 Å². The highest BCUT2D eigenvalue weighted by Crippen LogP contribution is 2.33. The van der Waals surface area contributed by atoms with E-state index < -0.39 is 6.03 Å².